The Labute approximate surface area is 128 Å². The Morgan fingerprint density at radius 2 is 1.95 bits per heavy atom. The molecule has 0 radical (unpaired) electrons. The van der Waals surface area contributed by atoms with Crippen LogP contribution in [-0.4, -0.2) is 30.3 Å². The van der Waals surface area contributed by atoms with Crippen LogP contribution in [-0.2, 0) is 16.6 Å². The van der Waals surface area contributed by atoms with Crippen LogP contribution in [0.5, 0.6) is 0 Å². The van der Waals surface area contributed by atoms with Gasteiger partial charge in [0.2, 0.25) is 10.0 Å². The minimum atomic E-state index is -3.34. The number of H-pyrrole nitrogens is 1. The Morgan fingerprint density at radius 3 is 2.68 bits per heavy atom. The minimum Gasteiger partial charge on any atom is -0.316 e. The highest BCUT2D eigenvalue weighted by Gasteiger charge is 2.11. The number of rotatable bonds is 7. The molecular weight excluding hydrogens is 306 g/mol. The first-order valence-electron chi connectivity index (χ1n) is 7.14. The van der Waals surface area contributed by atoms with Crippen LogP contribution >= 0.6 is 0 Å². The summed E-state index contributed by atoms with van der Waals surface area (Å²) in [5.41, 5.74) is -0.292. The lowest BCUT2D eigenvalue weighted by Crippen LogP contribution is -2.39. The second kappa shape index (κ2) is 6.89. The Hall–Kier alpha value is -1.93. The summed E-state index contributed by atoms with van der Waals surface area (Å²) in [6, 6.07) is 6.90. The van der Waals surface area contributed by atoms with Crippen molar-refractivity contribution in [1.29, 1.82) is 0 Å². The van der Waals surface area contributed by atoms with E-state index in [-0.39, 0.29) is 18.8 Å². The fourth-order valence-electron chi connectivity index (χ4n) is 2.16. The van der Waals surface area contributed by atoms with E-state index in [2.05, 4.69) is 9.71 Å². The first-order valence-corrected chi connectivity index (χ1v) is 8.79. The lowest BCUT2D eigenvalue weighted by atomic mass is 10.3. The summed E-state index contributed by atoms with van der Waals surface area (Å²) in [6.45, 7) is 2.09. The molecule has 8 heteroatoms. The number of nitrogens with one attached hydrogen (secondary N) is 2. The van der Waals surface area contributed by atoms with Gasteiger partial charge in [-0.3, -0.25) is 9.59 Å². The van der Waals surface area contributed by atoms with Gasteiger partial charge in [0.05, 0.1) is 16.8 Å². The van der Waals surface area contributed by atoms with Crippen molar-refractivity contribution in [3.05, 3.63) is 45.0 Å². The quantitative estimate of drug-likeness (QED) is 0.720. The molecule has 1 aromatic carbocycles. The molecule has 0 aliphatic heterocycles. The van der Waals surface area contributed by atoms with Crippen LogP contribution in [0, 0.1) is 0 Å². The van der Waals surface area contributed by atoms with Crippen molar-refractivity contribution in [2.24, 2.45) is 0 Å². The van der Waals surface area contributed by atoms with Crippen LogP contribution in [0.4, 0.5) is 0 Å². The summed E-state index contributed by atoms with van der Waals surface area (Å²) in [5.74, 6) is 0.0640. The SMILES string of the molecule is CCCCS(=O)(=O)NCCn1c(=O)c(=O)[nH]c2ccccc21. The van der Waals surface area contributed by atoms with Crippen molar-refractivity contribution in [2.45, 2.75) is 26.3 Å². The summed E-state index contributed by atoms with van der Waals surface area (Å²) in [4.78, 5) is 26.1. The van der Waals surface area contributed by atoms with Crippen molar-refractivity contribution >= 4 is 21.1 Å². The van der Waals surface area contributed by atoms with Gasteiger partial charge in [0, 0.05) is 13.1 Å². The predicted octanol–water partition coefficient (Wildman–Crippen LogP) is 0.409. The van der Waals surface area contributed by atoms with E-state index < -0.39 is 21.1 Å². The van der Waals surface area contributed by atoms with Gasteiger partial charge in [0.25, 0.3) is 0 Å². The molecule has 0 saturated carbocycles. The Bertz CT molecular complexity index is 868. The average Bonchev–Trinajstić information content (AvgIpc) is 2.49. The van der Waals surface area contributed by atoms with E-state index in [1.54, 1.807) is 24.3 Å². The maximum Gasteiger partial charge on any atom is 0.316 e. The van der Waals surface area contributed by atoms with Crippen LogP contribution in [0.2, 0.25) is 0 Å². The molecule has 1 heterocycles. The fourth-order valence-corrected chi connectivity index (χ4v) is 3.38. The van der Waals surface area contributed by atoms with Crippen molar-refractivity contribution in [1.82, 2.24) is 14.3 Å². The van der Waals surface area contributed by atoms with Gasteiger partial charge >= 0.3 is 11.1 Å². The topological polar surface area (TPSA) is 101 Å². The van der Waals surface area contributed by atoms with E-state index in [9.17, 15) is 18.0 Å². The van der Waals surface area contributed by atoms with Crippen LogP contribution in [0.3, 0.4) is 0 Å². The Balaban J connectivity index is 2.20. The molecule has 0 amide bonds. The summed E-state index contributed by atoms with van der Waals surface area (Å²) < 4.78 is 27.2. The normalized spacial score (nSPS) is 11.9. The zero-order chi connectivity index (χ0) is 16.2. The first kappa shape index (κ1) is 16.4. The van der Waals surface area contributed by atoms with Crippen LogP contribution < -0.4 is 15.8 Å². The van der Waals surface area contributed by atoms with E-state index in [1.165, 1.54) is 4.57 Å². The molecule has 0 bridgehead atoms. The van der Waals surface area contributed by atoms with Gasteiger partial charge in [0.1, 0.15) is 0 Å². The molecule has 0 aliphatic rings. The maximum absolute atomic E-state index is 12.0. The van der Waals surface area contributed by atoms with Crippen molar-refractivity contribution in [2.75, 3.05) is 12.3 Å². The number of unbranched alkanes of at least 4 members (excludes halogenated alkanes) is 1. The molecule has 1 aromatic heterocycles. The molecular formula is C14H19N3O4S. The minimum absolute atomic E-state index is 0.0640. The molecule has 22 heavy (non-hydrogen) atoms. The zero-order valence-electron chi connectivity index (χ0n) is 12.3. The monoisotopic (exact) mass is 325 g/mol. The smallest absolute Gasteiger partial charge is 0.316 e. The standard InChI is InChI=1S/C14H19N3O4S/c1-2-3-10-22(20,21)15-8-9-17-12-7-5-4-6-11(12)16-13(18)14(17)19/h4-7,15H,2-3,8-10H2,1H3,(H,16,18). The van der Waals surface area contributed by atoms with E-state index in [1.807, 2.05) is 6.92 Å². The van der Waals surface area contributed by atoms with Gasteiger partial charge in [-0.05, 0) is 18.6 Å². The lowest BCUT2D eigenvalue weighted by molar-refractivity contribution is 0.569. The third kappa shape index (κ3) is 3.83. The second-order valence-electron chi connectivity index (χ2n) is 4.99. The largest absolute Gasteiger partial charge is 0.316 e. The van der Waals surface area contributed by atoms with Gasteiger partial charge in [0.15, 0.2) is 0 Å². The van der Waals surface area contributed by atoms with Crippen molar-refractivity contribution < 1.29 is 8.42 Å². The molecule has 7 nitrogen and oxygen atoms in total. The number of sulfonamides is 1. The molecule has 0 spiro atoms. The van der Waals surface area contributed by atoms with Gasteiger partial charge in [-0.1, -0.05) is 25.5 Å². The molecule has 0 fully saturated rings. The van der Waals surface area contributed by atoms with E-state index in [4.69, 9.17) is 0 Å². The summed E-state index contributed by atoms with van der Waals surface area (Å²) in [5, 5.41) is 0. The third-order valence-corrected chi connectivity index (χ3v) is 4.78. The highest BCUT2D eigenvalue weighted by Crippen LogP contribution is 2.06. The van der Waals surface area contributed by atoms with Crippen molar-refractivity contribution in [3.63, 3.8) is 0 Å². The third-order valence-electron chi connectivity index (χ3n) is 3.31. The van der Waals surface area contributed by atoms with Gasteiger partial charge in [-0.25, -0.2) is 13.1 Å². The Morgan fingerprint density at radius 1 is 1.23 bits per heavy atom. The number of aromatic nitrogens is 2. The molecule has 2 aromatic rings. The van der Waals surface area contributed by atoms with E-state index >= 15 is 0 Å². The second-order valence-corrected chi connectivity index (χ2v) is 6.92. The first-order chi connectivity index (χ1) is 10.4. The maximum atomic E-state index is 12.0. The number of hydrogen-bond donors (Lipinski definition) is 2. The molecule has 0 aliphatic carbocycles. The number of benzene rings is 1. The molecule has 0 atom stereocenters. The molecule has 120 valence electrons. The fraction of sp³-hybridized carbons (Fsp3) is 0.429. The van der Waals surface area contributed by atoms with E-state index in [0.29, 0.717) is 17.5 Å². The summed E-state index contributed by atoms with van der Waals surface area (Å²) >= 11 is 0. The summed E-state index contributed by atoms with van der Waals surface area (Å²) in [6.07, 6.45) is 1.38. The lowest BCUT2D eigenvalue weighted by Gasteiger charge is -2.10. The number of hydrogen-bond acceptors (Lipinski definition) is 4. The number of fused-ring (bicyclic) bond motifs is 1. The van der Waals surface area contributed by atoms with Gasteiger partial charge in [-0.15, -0.1) is 0 Å². The van der Waals surface area contributed by atoms with Gasteiger partial charge < -0.3 is 9.55 Å². The molecule has 2 N–H and O–H groups in total. The van der Waals surface area contributed by atoms with Crippen LogP contribution in [0.25, 0.3) is 11.0 Å². The molecule has 0 saturated heterocycles. The highest BCUT2D eigenvalue weighted by molar-refractivity contribution is 7.89. The van der Waals surface area contributed by atoms with Crippen LogP contribution in [0.1, 0.15) is 19.8 Å². The van der Waals surface area contributed by atoms with Crippen molar-refractivity contribution in [3.8, 4) is 0 Å². The molecule has 2 rings (SSSR count). The Kier molecular flexibility index (Phi) is 5.15. The van der Waals surface area contributed by atoms with Gasteiger partial charge in [-0.2, -0.15) is 0 Å². The molecule has 0 unspecified atom stereocenters. The number of para-hydroxylation sites is 2. The van der Waals surface area contributed by atoms with Crippen LogP contribution in [0.15, 0.2) is 33.9 Å². The number of aromatic amines is 1. The number of nitrogens with zero attached hydrogens (tertiary/aromatic N) is 1. The summed E-state index contributed by atoms with van der Waals surface area (Å²) in [7, 11) is -3.34. The highest BCUT2D eigenvalue weighted by atomic mass is 32.2. The zero-order valence-corrected chi connectivity index (χ0v) is 13.1. The predicted molar refractivity (Wildman–Crippen MR) is 85.5 cm³/mol. The average molecular weight is 325 g/mol. The van der Waals surface area contributed by atoms with E-state index in [0.717, 1.165) is 6.42 Å².